The molecule has 3 atom stereocenters. The number of rotatable bonds is 5. The largest absolute Gasteiger partial charge is 0.491 e. The molecule has 7 nitrogen and oxygen atoms in total. The molecule has 0 saturated heterocycles. The molecule has 186 valence electrons. The van der Waals surface area contributed by atoms with Crippen molar-refractivity contribution in [3.05, 3.63) is 23.8 Å². The summed E-state index contributed by atoms with van der Waals surface area (Å²) < 4.78 is 50.3. The summed E-state index contributed by atoms with van der Waals surface area (Å²) in [4.78, 5) is 28.3. The van der Waals surface area contributed by atoms with Crippen LogP contribution in [0.1, 0.15) is 44.0 Å². The molecule has 0 aromatic heterocycles. The minimum atomic E-state index is -4.26. The lowest BCUT2D eigenvalue weighted by Gasteiger charge is -2.36. The van der Waals surface area contributed by atoms with Crippen LogP contribution < -0.4 is 10.1 Å². The average molecular weight is 474 g/mol. The lowest BCUT2D eigenvalue weighted by atomic mass is 10.0. The number of carbonyl (C=O) groups is 2. The van der Waals surface area contributed by atoms with Gasteiger partial charge in [0.2, 0.25) is 5.91 Å². The second-order valence-electron chi connectivity index (χ2n) is 8.57. The van der Waals surface area contributed by atoms with E-state index < -0.39 is 12.6 Å². The number of likely N-dealkylation sites (N-methyl/N-ethyl adjacent to an activating group) is 1. The second kappa shape index (κ2) is 11.7. The summed E-state index contributed by atoms with van der Waals surface area (Å²) >= 11 is 0. The van der Waals surface area contributed by atoms with Crippen LogP contribution in [0.25, 0.3) is 0 Å². The summed E-state index contributed by atoms with van der Waals surface area (Å²) in [6.45, 7) is 6.01. The highest BCUT2D eigenvalue weighted by atomic mass is 19.4. The van der Waals surface area contributed by atoms with Crippen molar-refractivity contribution < 1.29 is 32.2 Å². The van der Waals surface area contributed by atoms with E-state index in [-0.39, 0.29) is 55.1 Å². The molecule has 1 aromatic carbocycles. The van der Waals surface area contributed by atoms with Gasteiger partial charge in [-0.2, -0.15) is 13.2 Å². The molecule has 1 N–H and O–H groups in total. The quantitative estimate of drug-likeness (QED) is 0.705. The van der Waals surface area contributed by atoms with Crippen molar-refractivity contribution in [2.24, 2.45) is 5.92 Å². The van der Waals surface area contributed by atoms with Gasteiger partial charge in [0.25, 0.3) is 5.91 Å². The molecule has 0 radical (unpaired) electrons. The van der Waals surface area contributed by atoms with Crippen molar-refractivity contribution in [2.45, 2.75) is 51.9 Å². The van der Waals surface area contributed by atoms with E-state index in [2.05, 4.69) is 5.32 Å². The highest BCUT2D eigenvalue weighted by molar-refractivity contribution is 5.99. The van der Waals surface area contributed by atoms with Crippen molar-refractivity contribution in [1.82, 2.24) is 9.80 Å². The Kier molecular flexibility index (Phi) is 9.54. The number of benzene rings is 1. The molecule has 0 aliphatic carbocycles. The molecule has 1 aliphatic heterocycles. The third-order valence-electron chi connectivity index (χ3n) is 5.86. The normalized spacial score (nSPS) is 23.2. The van der Waals surface area contributed by atoms with Gasteiger partial charge in [0.05, 0.1) is 18.1 Å². The smallest absolute Gasteiger partial charge is 0.390 e. The van der Waals surface area contributed by atoms with E-state index in [4.69, 9.17) is 9.47 Å². The van der Waals surface area contributed by atoms with Crippen LogP contribution in [0.5, 0.6) is 5.75 Å². The first-order chi connectivity index (χ1) is 15.4. The fraction of sp³-hybridized carbons (Fsp3) is 0.652. The number of halogens is 3. The van der Waals surface area contributed by atoms with E-state index in [1.807, 2.05) is 6.92 Å². The second-order valence-corrected chi connectivity index (χ2v) is 8.57. The summed E-state index contributed by atoms with van der Waals surface area (Å²) in [5.74, 6) is -0.303. The summed E-state index contributed by atoms with van der Waals surface area (Å²) in [5, 5.41) is 2.73. The number of methoxy groups -OCH3 is 1. The van der Waals surface area contributed by atoms with Gasteiger partial charge in [0, 0.05) is 51.9 Å². The van der Waals surface area contributed by atoms with Crippen LogP contribution in [0.2, 0.25) is 0 Å². The molecule has 0 spiro atoms. The number of ether oxygens (including phenoxy) is 2. The van der Waals surface area contributed by atoms with Crippen LogP contribution in [0.15, 0.2) is 18.2 Å². The summed E-state index contributed by atoms with van der Waals surface area (Å²) in [6, 6.07) is 4.47. The molecule has 10 heteroatoms. The van der Waals surface area contributed by atoms with Gasteiger partial charge in [-0.3, -0.25) is 14.5 Å². The molecule has 2 rings (SSSR count). The molecule has 0 saturated carbocycles. The predicted octanol–water partition coefficient (Wildman–Crippen LogP) is 3.79. The standard InChI is InChI=1S/C23H34F3N3O4/c1-6-21(30)27-17-7-8-19-18(11-17)22(31)28(4)13-20(32-5)15(2)12-29(16(3)14-33-19)10-9-23(24,25)26/h7-8,11,15-16,20H,6,9-10,12-14H2,1-5H3,(H,27,30)/t15-,16-,20+/m1/s1. The number of fused-ring (bicyclic) bond motifs is 1. The summed E-state index contributed by atoms with van der Waals surface area (Å²) in [5.41, 5.74) is 0.734. The fourth-order valence-electron chi connectivity index (χ4n) is 3.76. The minimum absolute atomic E-state index is 0.104. The number of anilines is 1. The molecule has 1 aromatic rings. The summed E-state index contributed by atoms with van der Waals surface area (Å²) in [6.07, 6.45) is -5.25. The zero-order valence-electron chi connectivity index (χ0n) is 19.9. The Labute approximate surface area is 193 Å². The third-order valence-corrected chi connectivity index (χ3v) is 5.86. The monoisotopic (exact) mass is 473 g/mol. The first-order valence-electron chi connectivity index (χ1n) is 11.1. The van der Waals surface area contributed by atoms with Crippen molar-refractivity contribution in [3.63, 3.8) is 0 Å². The Morgan fingerprint density at radius 1 is 1.27 bits per heavy atom. The van der Waals surface area contributed by atoms with Gasteiger partial charge in [-0.1, -0.05) is 13.8 Å². The molecule has 33 heavy (non-hydrogen) atoms. The van der Waals surface area contributed by atoms with E-state index in [1.54, 1.807) is 44.0 Å². The Bertz CT molecular complexity index is 819. The van der Waals surface area contributed by atoms with Crippen molar-refractivity contribution >= 4 is 17.5 Å². The van der Waals surface area contributed by atoms with Crippen molar-refractivity contribution in [1.29, 1.82) is 0 Å². The number of nitrogens with one attached hydrogen (secondary N) is 1. The van der Waals surface area contributed by atoms with Gasteiger partial charge < -0.3 is 19.7 Å². The highest BCUT2D eigenvalue weighted by Gasteiger charge is 2.32. The molecular formula is C23H34F3N3O4. The van der Waals surface area contributed by atoms with Crippen LogP contribution in [0.4, 0.5) is 18.9 Å². The van der Waals surface area contributed by atoms with E-state index >= 15 is 0 Å². The van der Waals surface area contributed by atoms with Crippen LogP contribution in [-0.2, 0) is 9.53 Å². The molecule has 0 fully saturated rings. The number of carbonyl (C=O) groups excluding carboxylic acids is 2. The molecular weight excluding hydrogens is 439 g/mol. The van der Waals surface area contributed by atoms with Gasteiger partial charge in [0.15, 0.2) is 0 Å². The number of alkyl halides is 3. The van der Waals surface area contributed by atoms with Gasteiger partial charge >= 0.3 is 6.18 Å². The molecule has 1 heterocycles. The first kappa shape index (κ1) is 26.9. The lowest BCUT2D eigenvalue weighted by Crippen LogP contribution is -2.47. The third kappa shape index (κ3) is 7.89. The molecule has 2 amide bonds. The summed E-state index contributed by atoms with van der Waals surface area (Å²) in [7, 11) is 3.17. The fourth-order valence-corrected chi connectivity index (χ4v) is 3.76. The van der Waals surface area contributed by atoms with Crippen LogP contribution in [0.3, 0.4) is 0 Å². The SMILES string of the molecule is CCC(=O)Nc1ccc2c(c1)C(=O)N(C)C[C@H](OC)[C@H](C)CN(CCC(F)(F)F)[C@H](C)CO2. The van der Waals surface area contributed by atoms with Gasteiger partial charge in [-0.15, -0.1) is 0 Å². The average Bonchev–Trinajstić information content (AvgIpc) is 2.76. The number of hydrogen-bond donors (Lipinski definition) is 1. The van der Waals surface area contributed by atoms with Crippen molar-refractivity contribution in [3.8, 4) is 5.75 Å². The first-order valence-corrected chi connectivity index (χ1v) is 11.1. The number of amides is 2. The highest BCUT2D eigenvalue weighted by Crippen LogP contribution is 2.27. The Morgan fingerprint density at radius 2 is 1.97 bits per heavy atom. The van der Waals surface area contributed by atoms with Crippen LogP contribution >= 0.6 is 0 Å². The zero-order valence-corrected chi connectivity index (χ0v) is 19.9. The van der Waals surface area contributed by atoms with E-state index in [0.29, 0.717) is 24.4 Å². The predicted molar refractivity (Wildman–Crippen MR) is 119 cm³/mol. The van der Waals surface area contributed by atoms with Crippen LogP contribution in [-0.4, -0.2) is 80.3 Å². The molecule has 0 bridgehead atoms. The Balaban J connectivity index is 2.39. The maximum atomic E-state index is 13.2. The topological polar surface area (TPSA) is 71.1 Å². The number of nitrogens with zero attached hydrogens (tertiary/aromatic N) is 2. The van der Waals surface area contributed by atoms with Crippen molar-refractivity contribution in [2.75, 3.05) is 45.7 Å². The van der Waals surface area contributed by atoms with Crippen LogP contribution in [0, 0.1) is 5.92 Å². The van der Waals surface area contributed by atoms with E-state index in [9.17, 15) is 22.8 Å². The Morgan fingerprint density at radius 3 is 2.58 bits per heavy atom. The zero-order chi connectivity index (χ0) is 24.8. The van der Waals surface area contributed by atoms with Gasteiger partial charge in [0.1, 0.15) is 12.4 Å². The maximum absolute atomic E-state index is 13.2. The minimum Gasteiger partial charge on any atom is -0.491 e. The lowest BCUT2D eigenvalue weighted by molar-refractivity contribution is -0.140. The Hall–Kier alpha value is -2.33. The van der Waals surface area contributed by atoms with E-state index in [0.717, 1.165) is 0 Å². The number of hydrogen-bond acceptors (Lipinski definition) is 5. The van der Waals surface area contributed by atoms with Gasteiger partial charge in [-0.25, -0.2) is 0 Å². The van der Waals surface area contributed by atoms with Gasteiger partial charge in [-0.05, 0) is 31.0 Å². The molecule has 1 aliphatic rings. The van der Waals surface area contributed by atoms with E-state index in [1.165, 1.54) is 12.0 Å². The molecule has 0 unspecified atom stereocenters. The maximum Gasteiger partial charge on any atom is 0.390 e.